The maximum atomic E-state index is 12.2. The Hall–Kier alpha value is -4.08. The van der Waals surface area contributed by atoms with Gasteiger partial charge in [0.1, 0.15) is 6.61 Å². The number of alkyl carbamates (subject to hydrolysis) is 1. The highest BCUT2D eigenvalue weighted by Crippen LogP contribution is 2.44. The molecule has 0 fully saturated rings. The first-order valence-corrected chi connectivity index (χ1v) is 11.5. The molecule has 0 atom stereocenters. The van der Waals surface area contributed by atoms with E-state index in [9.17, 15) is 4.79 Å². The number of nitrogens with two attached hydrogens (primary N) is 1. The highest BCUT2D eigenvalue weighted by atomic mass is 32.1. The maximum Gasteiger partial charge on any atom is 0.407 e. The number of ether oxygens (including phenoxy) is 1. The van der Waals surface area contributed by atoms with Crippen molar-refractivity contribution in [2.24, 2.45) is 0 Å². The Morgan fingerprint density at radius 1 is 1.00 bits per heavy atom. The Labute approximate surface area is 196 Å². The number of hydrogen-bond acceptors (Lipinski definition) is 5. The Morgan fingerprint density at radius 3 is 2.30 bits per heavy atom. The van der Waals surface area contributed by atoms with Crippen LogP contribution in [0.3, 0.4) is 0 Å². The van der Waals surface area contributed by atoms with E-state index in [1.165, 1.54) is 33.6 Å². The number of nitrogens with zero attached hydrogens (tertiary/aromatic N) is 1. The van der Waals surface area contributed by atoms with Crippen molar-refractivity contribution < 1.29 is 9.53 Å². The number of carbonyl (C=O) groups is 1. The number of amides is 1. The third-order valence-electron chi connectivity index (χ3n) is 5.60. The molecule has 162 valence electrons. The Kier molecular flexibility index (Phi) is 5.79. The second kappa shape index (κ2) is 9.19. The van der Waals surface area contributed by atoms with Gasteiger partial charge < -0.3 is 15.8 Å². The van der Waals surface area contributed by atoms with E-state index >= 15 is 0 Å². The predicted octanol–water partition coefficient (Wildman–Crippen LogP) is 5.28. The summed E-state index contributed by atoms with van der Waals surface area (Å²) in [6.07, 6.45) is -0.470. The highest BCUT2D eigenvalue weighted by molar-refractivity contribution is 7.13. The molecular formula is C27H21N3O2S. The van der Waals surface area contributed by atoms with Crippen LogP contribution in [-0.4, -0.2) is 24.2 Å². The molecule has 1 aromatic heterocycles. The predicted molar refractivity (Wildman–Crippen MR) is 132 cm³/mol. The standard InChI is InChI=1S/C27H21N3O2S/c28-26-30-25(17-33-26)19-13-11-18(12-14-19)6-5-15-29-27(31)32-16-24-22-9-3-1-7-20(22)21-8-2-4-10-23(21)24/h1-4,7-14,17,24H,15-16H2,(H2,28,30)(H,29,31). The molecule has 1 heterocycles. The molecule has 5 nitrogen and oxygen atoms in total. The number of nitrogens with one attached hydrogen (secondary N) is 1. The number of benzene rings is 3. The van der Waals surface area contributed by atoms with Gasteiger partial charge in [0, 0.05) is 22.4 Å². The molecule has 0 saturated carbocycles. The maximum absolute atomic E-state index is 12.2. The zero-order valence-electron chi connectivity index (χ0n) is 17.7. The van der Waals surface area contributed by atoms with Crippen LogP contribution in [-0.2, 0) is 4.74 Å². The van der Waals surface area contributed by atoms with Gasteiger partial charge in [-0.2, -0.15) is 0 Å². The SMILES string of the molecule is Nc1nc(-c2ccc(C#CCNC(=O)OCC3c4ccccc4-c4ccccc43)cc2)cs1. The molecule has 33 heavy (non-hydrogen) atoms. The lowest BCUT2D eigenvalue weighted by molar-refractivity contribution is 0.144. The first-order chi connectivity index (χ1) is 16.2. The van der Waals surface area contributed by atoms with Crippen LogP contribution in [0.4, 0.5) is 9.93 Å². The topological polar surface area (TPSA) is 77.2 Å². The van der Waals surface area contributed by atoms with E-state index in [4.69, 9.17) is 10.5 Å². The van der Waals surface area contributed by atoms with Gasteiger partial charge in [0.05, 0.1) is 12.2 Å². The number of nitrogen functional groups attached to an aromatic ring is 1. The molecule has 0 aliphatic heterocycles. The van der Waals surface area contributed by atoms with E-state index in [-0.39, 0.29) is 19.1 Å². The zero-order chi connectivity index (χ0) is 22.6. The van der Waals surface area contributed by atoms with Crippen LogP contribution in [0.25, 0.3) is 22.4 Å². The molecule has 0 unspecified atom stereocenters. The number of carbonyl (C=O) groups excluding carboxylic acids is 1. The van der Waals surface area contributed by atoms with Crippen LogP contribution in [0, 0.1) is 11.8 Å². The molecule has 1 aliphatic rings. The Balaban J connectivity index is 1.15. The van der Waals surface area contributed by atoms with Crippen molar-refractivity contribution in [1.29, 1.82) is 0 Å². The van der Waals surface area contributed by atoms with Crippen molar-refractivity contribution in [1.82, 2.24) is 10.3 Å². The summed E-state index contributed by atoms with van der Waals surface area (Å²) < 4.78 is 5.52. The number of hydrogen-bond donors (Lipinski definition) is 2. The van der Waals surface area contributed by atoms with Gasteiger partial charge in [-0.05, 0) is 34.4 Å². The van der Waals surface area contributed by atoms with Gasteiger partial charge in [-0.1, -0.05) is 72.5 Å². The minimum atomic E-state index is -0.470. The van der Waals surface area contributed by atoms with Crippen LogP contribution in [0.1, 0.15) is 22.6 Å². The summed E-state index contributed by atoms with van der Waals surface area (Å²) >= 11 is 1.41. The lowest BCUT2D eigenvalue weighted by Crippen LogP contribution is -2.26. The molecule has 5 rings (SSSR count). The summed E-state index contributed by atoms with van der Waals surface area (Å²) in [5.74, 6) is 6.05. The molecule has 1 amide bonds. The highest BCUT2D eigenvalue weighted by Gasteiger charge is 2.28. The number of rotatable bonds is 4. The van der Waals surface area contributed by atoms with Crippen LogP contribution in [0.2, 0.25) is 0 Å². The number of fused-ring (bicyclic) bond motifs is 3. The van der Waals surface area contributed by atoms with Crippen molar-refractivity contribution in [3.63, 3.8) is 0 Å². The van der Waals surface area contributed by atoms with Gasteiger partial charge in [0.25, 0.3) is 0 Å². The molecule has 1 aliphatic carbocycles. The van der Waals surface area contributed by atoms with Crippen molar-refractivity contribution in [2.75, 3.05) is 18.9 Å². The summed E-state index contributed by atoms with van der Waals surface area (Å²) in [5, 5.41) is 5.18. The molecule has 0 spiro atoms. The van der Waals surface area contributed by atoms with Crippen LogP contribution in [0.5, 0.6) is 0 Å². The largest absolute Gasteiger partial charge is 0.449 e. The Bertz CT molecular complexity index is 1320. The van der Waals surface area contributed by atoms with Crippen LogP contribution in [0.15, 0.2) is 78.2 Å². The molecule has 6 heteroatoms. The first kappa shape index (κ1) is 20.8. The van der Waals surface area contributed by atoms with E-state index < -0.39 is 6.09 Å². The van der Waals surface area contributed by atoms with Gasteiger partial charge in [0.15, 0.2) is 5.13 Å². The number of thiazole rings is 1. The van der Waals surface area contributed by atoms with E-state index in [1.54, 1.807) is 0 Å². The second-order valence-electron chi connectivity index (χ2n) is 7.63. The minimum Gasteiger partial charge on any atom is -0.449 e. The molecule has 0 radical (unpaired) electrons. The van der Waals surface area contributed by atoms with Gasteiger partial charge in [-0.25, -0.2) is 9.78 Å². The summed E-state index contributed by atoms with van der Waals surface area (Å²) in [7, 11) is 0. The summed E-state index contributed by atoms with van der Waals surface area (Å²) in [6.45, 7) is 0.497. The monoisotopic (exact) mass is 451 g/mol. The quantitative estimate of drug-likeness (QED) is 0.414. The molecule has 3 aromatic carbocycles. The van der Waals surface area contributed by atoms with Gasteiger partial charge in [0.2, 0.25) is 0 Å². The molecule has 4 aromatic rings. The number of aromatic nitrogens is 1. The summed E-state index contributed by atoms with van der Waals surface area (Å²) in [5.41, 5.74) is 13.2. The first-order valence-electron chi connectivity index (χ1n) is 10.6. The Morgan fingerprint density at radius 2 is 1.67 bits per heavy atom. The van der Waals surface area contributed by atoms with Crippen molar-refractivity contribution in [3.8, 4) is 34.2 Å². The van der Waals surface area contributed by atoms with E-state index in [0.29, 0.717) is 5.13 Å². The lowest BCUT2D eigenvalue weighted by Gasteiger charge is -2.14. The normalized spacial score (nSPS) is 11.8. The average Bonchev–Trinajstić information content (AvgIpc) is 3.42. The van der Waals surface area contributed by atoms with Gasteiger partial charge in [-0.15, -0.1) is 11.3 Å². The third kappa shape index (κ3) is 4.45. The van der Waals surface area contributed by atoms with E-state index in [1.807, 2.05) is 53.9 Å². The molecular weight excluding hydrogens is 430 g/mol. The smallest absolute Gasteiger partial charge is 0.407 e. The van der Waals surface area contributed by atoms with Crippen molar-refractivity contribution in [2.45, 2.75) is 5.92 Å². The second-order valence-corrected chi connectivity index (χ2v) is 8.52. The van der Waals surface area contributed by atoms with Crippen LogP contribution >= 0.6 is 11.3 Å². The third-order valence-corrected chi connectivity index (χ3v) is 6.27. The number of anilines is 1. The molecule has 0 saturated heterocycles. The zero-order valence-corrected chi connectivity index (χ0v) is 18.6. The fourth-order valence-corrected chi connectivity index (χ4v) is 4.63. The van der Waals surface area contributed by atoms with Crippen molar-refractivity contribution in [3.05, 3.63) is 94.9 Å². The fraction of sp³-hybridized carbons (Fsp3) is 0.111. The minimum absolute atomic E-state index is 0.0424. The summed E-state index contributed by atoms with van der Waals surface area (Å²) in [4.78, 5) is 16.5. The van der Waals surface area contributed by atoms with Gasteiger partial charge >= 0.3 is 6.09 Å². The van der Waals surface area contributed by atoms with E-state index in [0.717, 1.165) is 16.8 Å². The average molecular weight is 452 g/mol. The van der Waals surface area contributed by atoms with Crippen LogP contribution < -0.4 is 11.1 Å². The van der Waals surface area contributed by atoms with Crippen molar-refractivity contribution >= 4 is 22.6 Å². The molecule has 0 bridgehead atoms. The fourth-order valence-electron chi connectivity index (χ4n) is 4.06. The molecule has 3 N–H and O–H groups in total. The summed E-state index contributed by atoms with van der Waals surface area (Å²) in [6, 6.07) is 24.3. The lowest BCUT2D eigenvalue weighted by atomic mass is 9.98. The van der Waals surface area contributed by atoms with Gasteiger partial charge in [-0.3, -0.25) is 0 Å². The van der Waals surface area contributed by atoms with E-state index in [2.05, 4.69) is 46.4 Å².